The van der Waals surface area contributed by atoms with E-state index in [-0.39, 0.29) is 10.5 Å². The van der Waals surface area contributed by atoms with Gasteiger partial charge in [-0.3, -0.25) is 15.6 Å². The normalized spacial score (nSPS) is 15.4. The Morgan fingerprint density at radius 1 is 1.26 bits per heavy atom. The summed E-state index contributed by atoms with van der Waals surface area (Å²) in [6.45, 7) is 6.25. The summed E-state index contributed by atoms with van der Waals surface area (Å²) in [5, 5.41) is 3.30. The predicted octanol–water partition coefficient (Wildman–Crippen LogP) is 0.863. The monoisotopic (exact) mass is 414 g/mol. The van der Waals surface area contributed by atoms with E-state index in [1.54, 1.807) is 12.1 Å². The molecule has 1 aliphatic rings. The molecule has 0 spiro atoms. The molecule has 0 unspecified atom stereocenters. The Morgan fingerprint density at radius 2 is 1.96 bits per heavy atom. The largest absolute Gasteiger partial charge is 0.379 e. The van der Waals surface area contributed by atoms with Crippen LogP contribution in [0, 0.1) is 5.92 Å². The number of carbonyl (C=O) groups excluding carboxylic acids is 1. The van der Waals surface area contributed by atoms with Gasteiger partial charge in [0.1, 0.15) is 0 Å². The van der Waals surface area contributed by atoms with E-state index in [2.05, 4.69) is 30.0 Å². The maximum atomic E-state index is 12.7. The number of carbonyl (C=O) groups is 1. The zero-order valence-electron chi connectivity index (χ0n) is 15.5. The second-order valence-electron chi connectivity index (χ2n) is 6.56. The topological polar surface area (TPSA) is 99.8 Å². The average Bonchev–Trinajstić information content (AvgIpc) is 2.66. The number of amides is 1. The molecule has 0 aliphatic carbocycles. The fourth-order valence-electron chi connectivity index (χ4n) is 2.44. The number of hydrogen-bond donors (Lipinski definition) is 3. The molecule has 1 aromatic rings. The summed E-state index contributed by atoms with van der Waals surface area (Å²) >= 11 is 5.09. The van der Waals surface area contributed by atoms with Crippen molar-refractivity contribution >= 4 is 33.3 Å². The first kappa shape index (κ1) is 21.5. The molecule has 150 valence electrons. The quantitative estimate of drug-likeness (QED) is 0.469. The number of hydrogen-bond acceptors (Lipinski definition) is 5. The molecule has 0 atom stereocenters. The molecule has 27 heavy (non-hydrogen) atoms. The minimum atomic E-state index is -3.65. The Morgan fingerprint density at radius 3 is 2.63 bits per heavy atom. The number of sulfonamides is 1. The number of benzene rings is 1. The Labute approximate surface area is 165 Å². The van der Waals surface area contributed by atoms with Crippen LogP contribution in [0.25, 0.3) is 0 Å². The maximum Gasteiger partial charge on any atom is 0.269 e. The third kappa shape index (κ3) is 6.42. The number of morpholine rings is 1. The Balaban J connectivity index is 1.95. The molecular formula is C17H26N4O4S2. The van der Waals surface area contributed by atoms with Crippen molar-refractivity contribution in [3.05, 3.63) is 29.8 Å². The van der Waals surface area contributed by atoms with Crippen molar-refractivity contribution in [3.8, 4) is 0 Å². The lowest BCUT2D eigenvalue weighted by atomic mass is 10.1. The van der Waals surface area contributed by atoms with Gasteiger partial charge >= 0.3 is 0 Å². The van der Waals surface area contributed by atoms with Gasteiger partial charge < -0.3 is 10.1 Å². The highest BCUT2D eigenvalue weighted by molar-refractivity contribution is 7.89. The lowest BCUT2D eigenvalue weighted by Gasteiger charge is -2.26. The minimum Gasteiger partial charge on any atom is -0.379 e. The average molecular weight is 415 g/mol. The molecule has 0 radical (unpaired) electrons. The predicted molar refractivity (Wildman–Crippen MR) is 107 cm³/mol. The lowest BCUT2D eigenvalue weighted by molar-refractivity contribution is 0.0730. The van der Waals surface area contributed by atoms with Gasteiger partial charge in [-0.1, -0.05) is 19.9 Å². The summed E-state index contributed by atoms with van der Waals surface area (Å²) < 4.78 is 31.9. The van der Waals surface area contributed by atoms with E-state index in [1.165, 1.54) is 16.4 Å². The molecule has 1 aromatic carbocycles. The van der Waals surface area contributed by atoms with Crippen LogP contribution < -0.4 is 16.2 Å². The summed E-state index contributed by atoms with van der Waals surface area (Å²) in [7, 11) is -3.65. The van der Waals surface area contributed by atoms with Gasteiger partial charge in [0.05, 0.1) is 18.1 Å². The second-order valence-corrected chi connectivity index (χ2v) is 8.91. The van der Waals surface area contributed by atoms with Crippen molar-refractivity contribution in [2.24, 2.45) is 5.92 Å². The van der Waals surface area contributed by atoms with E-state index in [9.17, 15) is 13.2 Å². The van der Waals surface area contributed by atoms with Crippen LogP contribution in [0.2, 0.25) is 0 Å². The van der Waals surface area contributed by atoms with Gasteiger partial charge in [-0.2, -0.15) is 4.31 Å². The molecule has 0 aromatic heterocycles. The Bertz CT molecular complexity index is 762. The molecule has 1 saturated heterocycles. The van der Waals surface area contributed by atoms with Crippen LogP contribution >= 0.6 is 12.2 Å². The molecule has 1 amide bonds. The number of ether oxygens (including phenoxy) is 1. The molecule has 10 heteroatoms. The highest BCUT2D eigenvalue weighted by atomic mass is 32.2. The molecule has 2 rings (SSSR count). The van der Waals surface area contributed by atoms with Crippen LogP contribution in [0.3, 0.4) is 0 Å². The zero-order valence-corrected chi connectivity index (χ0v) is 17.2. The van der Waals surface area contributed by atoms with E-state index in [0.29, 0.717) is 43.9 Å². The molecule has 0 saturated carbocycles. The molecular weight excluding hydrogens is 388 g/mol. The summed E-state index contributed by atoms with van der Waals surface area (Å²) in [4.78, 5) is 12.4. The van der Waals surface area contributed by atoms with Crippen molar-refractivity contribution in [1.82, 2.24) is 20.5 Å². The van der Waals surface area contributed by atoms with Gasteiger partial charge in [0.2, 0.25) is 10.0 Å². The number of nitrogens with one attached hydrogen (secondary N) is 3. The van der Waals surface area contributed by atoms with Gasteiger partial charge in [0.15, 0.2) is 5.11 Å². The maximum absolute atomic E-state index is 12.7. The SMILES string of the molecule is CC(C)CCNC(=S)NNC(=O)c1cccc(S(=O)(=O)N2CCOCC2)c1. The highest BCUT2D eigenvalue weighted by Crippen LogP contribution is 2.18. The summed E-state index contributed by atoms with van der Waals surface area (Å²) in [5.74, 6) is 0.0769. The molecule has 1 aliphatic heterocycles. The van der Waals surface area contributed by atoms with Crippen LogP contribution in [0.15, 0.2) is 29.2 Å². The summed E-state index contributed by atoms with van der Waals surface area (Å²) in [6.07, 6.45) is 0.956. The number of hydrazine groups is 1. The van der Waals surface area contributed by atoms with Crippen molar-refractivity contribution in [1.29, 1.82) is 0 Å². The first-order valence-corrected chi connectivity index (χ1v) is 10.7. The van der Waals surface area contributed by atoms with Gasteiger partial charge in [0, 0.05) is 25.2 Å². The molecule has 3 N–H and O–H groups in total. The molecule has 1 fully saturated rings. The van der Waals surface area contributed by atoms with Crippen LogP contribution in [-0.4, -0.2) is 56.6 Å². The van der Waals surface area contributed by atoms with Crippen molar-refractivity contribution in [2.75, 3.05) is 32.8 Å². The Kier molecular flexibility index (Phi) is 7.96. The van der Waals surface area contributed by atoms with E-state index in [1.807, 2.05) is 0 Å². The summed E-state index contributed by atoms with van der Waals surface area (Å²) in [6, 6.07) is 5.93. The van der Waals surface area contributed by atoms with E-state index in [4.69, 9.17) is 17.0 Å². The van der Waals surface area contributed by atoms with E-state index in [0.717, 1.165) is 6.42 Å². The van der Waals surface area contributed by atoms with Crippen molar-refractivity contribution < 1.29 is 17.9 Å². The first-order chi connectivity index (χ1) is 12.8. The van der Waals surface area contributed by atoms with Crippen LogP contribution in [-0.2, 0) is 14.8 Å². The van der Waals surface area contributed by atoms with Crippen molar-refractivity contribution in [2.45, 2.75) is 25.2 Å². The molecule has 0 bridgehead atoms. The van der Waals surface area contributed by atoms with Crippen molar-refractivity contribution in [3.63, 3.8) is 0 Å². The Hall–Kier alpha value is -1.75. The number of rotatable bonds is 6. The van der Waals surface area contributed by atoms with Crippen LogP contribution in [0.1, 0.15) is 30.6 Å². The van der Waals surface area contributed by atoms with E-state index >= 15 is 0 Å². The van der Waals surface area contributed by atoms with Crippen LogP contribution in [0.4, 0.5) is 0 Å². The van der Waals surface area contributed by atoms with Gasteiger partial charge in [-0.05, 0) is 42.8 Å². The fraction of sp³-hybridized carbons (Fsp3) is 0.529. The smallest absolute Gasteiger partial charge is 0.269 e. The van der Waals surface area contributed by atoms with Gasteiger partial charge in [-0.25, -0.2) is 8.42 Å². The zero-order chi connectivity index (χ0) is 19.9. The highest BCUT2D eigenvalue weighted by Gasteiger charge is 2.26. The third-order valence-corrected chi connectivity index (χ3v) is 6.14. The minimum absolute atomic E-state index is 0.0784. The standard InChI is InChI=1S/C17H26N4O4S2/c1-13(2)6-7-18-17(26)20-19-16(22)14-4-3-5-15(12-14)27(23,24)21-8-10-25-11-9-21/h3-5,12-13H,6-11H2,1-2H3,(H,19,22)(H2,18,20,26). The van der Waals surface area contributed by atoms with Crippen LogP contribution in [0.5, 0.6) is 0 Å². The van der Waals surface area contributed by atoms with E-state index < -0.39 is 15.9 Å². The van der Waals surface area contributed by atoms with Gasteiger partial charge in [0.25, 0.3) is 5.91 Å². The third-order valence-electron chi connectivity index (χ3n) is 4.00. The number of nitrogens with zero attached hydrogens (tertiary/aromatic N) is 1. The molecule has 1 heterocycles. The summed E-state index contributed by atoms with van der Waals surface area (Å²) in [5.41, 5.74) is 5.32. The van der Waals surface area contributed by atoms with Gasteiger partial charge in [-0.15, -0.1) is 0 Å². The first-order valence-electron chi connectivity index (χ1n) is 8.83. The number of thiocarbonyl (C=S) groups is 1. The molecule has 8 nitrogen and oxygen atoms in total. The lowest BCUT2D eigenvalue weighted by Crippen LogP contribution is -2.47. The fourth-order valence-corrected chi connectivity index (χ4v) is 4.05. The second kappa shape index (κ2) is 9.98.